The maximum atomic E-state index is 13.6. The minimum Gasteiger partial charge on any atom is -0.352 e. The van der Waals surface area contributed by atoms with E-state index in [0.29, 0.717) is 17.2 Å². The van der Waals surface area contributed by atoms with Crippen molar-refractivity contribution in [2.75, 3.05) is 11.9 Å². The Morgan fingerprint density at radius 3 is 2.65 bits per heavy atom. The Hall–Kier alpha value is -4.34. The molecule has 0 aliphatic rings. The topological polar surface area (TPSA) is 93.8 Å². The van der Waals surface area contributed by atoms with Crippen molar-refractivity contribution in [1.82, 2.24) is 24.6 Å². The zero-order chi connectivity index (χ0) is 26.7. The summed E-state index contributed by atoms with van der Waals surface area (Å²) in [6, 6.07) is 9.46. The van der Waals surface area contributed by atoms with E-state index in [9.17, 15) is 18.4 Å². The monoisotopic (exact) mass is 506 g/mol. The van der Waals surface area contributed by atoms with E-state index in [4.69, 9.17) is 0 Å². The highest BCUT2D eigenvalue weighted by atomic mass is 19.2. The van der Waals surface area contributed by atoms with Crippen molar-refractivity contribution in [1.29, 1.82) is 0 Å². The largest absolute Gasteiger partial charge is 0.352 e. The number of carbonyl (C=O) groups is 1. The van der Waals surface area contributed by atoms with Gasteiger partial charge in [-0.25, -0.2) is 23.4 Å². The molecule has 0 aliphatic heterocycles. The average molecular weight is 507 g/mol. The van der Waals surface area contributed by atoms with Crippen molar-refractivity contribution < 1.29 is 13.6 Å². The van der Waals surface area contributed by atoms with Crippen LogP contribution >= 0.6 is 0 Å². The first-order chi connectivity index (χ1) is 17.6. The van der Waals surface area contributed by atoms with E-state index < -0.39 is 23.1 Å². The summed E-state index contributed by atoms with van der Waals surface area (Å²) in [5.41, 5.74) is 2.11. The normalized spacial score (nSPS) is 11.5. The molecule has 10 heteroatoms. The van der Waals surface area contributed by atoms with Gasteiger partial charge < -0.3 is 10.6 Å². The molecule has 0 fully saturated rings. The fraction of sp³-hybridized carbons (Fsp3) is 0.259. The van der Waals surface area contributed by atoms with Gasteiger partial charge in [-0.05, 0) is 56.2 Å². The minimum absolute atomic E-state index is 0.00125. The highest BCUT2D eigenvalue weighted by molar-refractivity contribution is 5.95. The van der Waals surface area contributed by atoms with E-state index in [1.807, 2.05) is 38.1 Å². The maximum Gasteiger partial charge on any atom is 0.280 e. The molecule has 8 nitrogen and oxygen atoms in total. The molecule has 0 aliphatic carbocycles. The van der Waals surface area contributed by atoms with Gasteiger partial charge in [-0.2, -0.15) is 0 Å². The van der Waals surface area contributed by atoms with Crippen LogP contribution in [0.2, 0.25) is 0 Å². The van der Waals surface area contributed by atoms with Crippen molar-refractivity contribution in [2.24, 2.45) is 7.05 Å². The van der Waals surface area contributed by atoms with E-state index in [2.05, 4.69) is 20.6 Å². The summed E-state index contributed by atoms with van der Waals surface area (Å²) in [6.07, 6.45) is 5.40. The third-order valence-corrected chi connectivity index (χ3v) is 5.91. The van der Waals surface area contributed by atoms with Gasteiger partial charge in [0.15, 0.2) is 11.6 Å². The van der Waals surface area contributed by atoms with Crippen molar-refractivity contribution in [3.05, 3.63) is 93.0 Å². The number of rotatable bonds is 8. The van der Waals surface area contributed by atoms with Crippen LogP contribution in [-0.4, -0.2) is 37.8 Å². The number of fused-ring (bicyclic) bond motifs is 1. The van der Waals surface area contributed by atoms with Gasteiger partial charge in [0.25, 0.3) is 11.5 Å². The molecule has 2 heterocycles. The predicted octanol–water partition coefficient (Wildman–Crippen LogP) is 4.03. The first kappa shape index (κ1) is 25.7. The third kappa shape index (κ3) is 5.74. The summed E-state index contributed by atoms with van der Waals surface area (Å²) in [5.74, 6) is -1.89. The standard InChI is InChI=1S/C27H28F2N6O2/c1-16(2)32-27-31-14-20-12-18(8-10-23(20)33-27)6-5-11-30-25(36)24-17(3)34(4)35(26(24)37)15-19-7-9-21(28)22(29)13-19/h5-10,12-14,16H,11,15H2,1-4H3,(H,30,36)(H,31,32,33)/b6-5+. The number of halogens is 2. The summed E-state index contributed by atoms with van der Waals surface area (Å²) in [7, 11) is 1.64. The van der Waals surface area contributed by atoms with Gasteiger partial charge in [0.05, 0.1) is 12.1 Å². The number of amides is 1. The van der Waals surface area contributed by atoms with Crippen LogP contribution in [0.5, 0.6) is 0 Å². The Labute approximate surface area is 212 Å². The lowest BCUT2D eigenvalue weighted by atomic mass is 10.1. The Morgan fingerprint density at radius 1 is 1.14 bits per heavy atom. The molecule has 1 amide bonds. The minimum atomic E-state index is -0.993. The van der Waals surface area contributed by atoms with Crippen LogP contribution in [0.1, 0.15) is 41.0 Å². The van der Waals surface area contributed by atoms with Crippen LogP contribution in [0.4, 0.5) is 14.7 Å². The Morgan fingerprint density at radius 2 is 1.92 bits per heavy atom. The second-order valence-electron chi connectivity index (χ2n) is 9.02. The zero-order valence-electron chi connectivity index (χ0n) is 21.0. The van der Waals surface area contributed by atoms with E-state index in [0.717, 1.165) is 28.6 Å². The molecule has 0 bridgehead atoms. The molecule has 2 aromatic heterocycles. The van der Waals surface area contributed by atoms with Gasteiger partial charge in [0.2, 0.25) is 5.95 Å². The molecule has 0 saturated carbocycles. The zero-order valence-corrected chi connectivity index (χ0v) is 21.0. The smallest absolute Gasteiger partial charge is 0.280 e. The first-order valence-corrected chi connectivity index (χ1v) is 11.8. The SMILES string of the molecule is Cc1c(C(=O)NC/C=C/c2ccc3nc(NC(C)C)ncc3c2)c(=O)n(Cc2ccc(F)c(F)c2)n1C. The van der Waals surface area contributed by atoms with Crippen molar-refractivity contribution in [3.63, 3.8) is 0 Å². The third-order valence-electron chi connectivity index (χ3n) is 5.91. The molecule has 0 saturated heterocycles. The van der Waals surface area contributed by atoms with Crippen molar-refractivity contribution >= 4 is 28.8 Å². The van der Waals surface area contributed by atoms with Gasteiger partial charge in [0, 0.05) is 36.9 Å². The number of aromatic nitrogens is 4. The fourth-order valence-corrected chi connectivity index (χ4v) is 3.93. The number of nitrogens with zero attached hydrogens (tertiary/aromatic N) is 4. The van der Waals surface area contributed by atoms with Gasteiger partial charge in [-0.3, -0.25) is 14.3 Å². The molecule has 2 aromatic carbocycles. The molecule has 2 N–H and O–H groups in total. The van der Waals surface area contributed by atoms with Crippen LogP contribution in [0.15, 0.2) is 53.5 Å². The van der Waals surface area contributed by atoms with E-state index in [1.165, 1.54) is 15.4 Å². The van der Waals surface area contributed by atoms with Crippen molar-refractivity contribution in [2.45, 2.75) is 33.4 Å². The van der Waals surface area contributed by atoms with Gasteiger partial charge in [-0.15, -0.1) is 0 Å². The predicted molar refractivity (Wildman–Crippen MR) is 140 cm³/mol. The fourth-order valence-electron chi connectivity index (χ4n) is 3.93. The van der Waals surface area contributed by atoms with Crippen LogP contribution in [0.3, 0.4) is 0 Å². The van der Waals surface area contributed by atoms with Crippen LogP contribution in [-0.2, 0) is 13.6 Å². The Kier molecular flexibility index (Phi) is 7.47. The van der Waals surface area contributed by atoms with Crippen LogP contribution in [0, 0.1) is 18.6 Å². The first-order valence-electron chi connectivity index (χ1n) is 11.8. The second-order valence-corrected chi connectivity index (χ2v) is 9.02. The number of hydrogen-bond donors (Lipinski definition) is 2. The van der Waals surface area contributed by atoms with Crippen LogP contribution in [0.25, 0.3) is 17.0 Å². The van der Waals surface area contributed by atoms with E-state index in [-0.39, 0.29) is 24.7 Å². The van der Waals surface area contributed by atoms with E-state index in [1.54, 1.807) is 26.2 Å². The van der Waals surface area contributed by atoms with E-state index >= 15 is 0 Å². The lowest BCUT2D eigenvalue weighted by molar-refractivity contribution is 0.0956. The molecule has 4 rings (SSSR count). The maximum absolute atomic E-state index is 13.6. The lowest BCUT2D eigenvalue weighted by Crippen LogP contribution is -2.31. The summed E-state index contributed by atoms with van der Waals surface area (Å²) < 4.78 is 29.7. The number of hydrogen-bond acceptors (Lipinski definition) is 5. The molecular formula is C27H28F2N6O2. The highest BCUT2D eigenvalue weighted by Gasteiger charge is 2.21. The average Bonchev–Trinajstić information content (AvgIpc) is 3.06. The molecule has 0 atom stereocenters. The number of carbonyl (C=O) groups excluding carboxylic acids is 1. The molecule has 0 spiro atoms. The molecule has 192 valence electrons. The number of anilines is 1. The summed E-state index contributed by atoms with van der Waals surface area (Å²) in [6.45, 7) is 5.91. The summed E-state index contributed by atoms with van der Waals surface area (Å²) >= 11 is 0. The van der Waals surface area contributed by atoms with Gasteiger partial charge in [0.1, 0.15) is 5.56 Å². The molecule has 4 aromatic rings. The number of benzene rings is 2. The molecule has 0 radical (unpaired) electrons. The number of nitrogens with one attached hydrogen (secondary N) is 2. The lowest BCUT2D eigenvalue weighted by Gasteiger charge is -2.08. The Bertz CT molecular complexity index is 1550. The quantitative estimate of drug-likeness (QED) is 0.376. The van der Waals surface area contributed by atoms with Crippen LogP contribution < -0.4 is 16.2 Å². The molecule has 37 heavy (non-hydrogen) atoms. The molecule has 0 unspecified atom stereocenters. The van der Waals surface area contributed by atoms with Crippen molar-refractivity contribution in [3.8, 4) is 0 Å². The highest BCUT2D eigenvalue weighted by Crippen LogP contribution is 2.16. The second kappa shape index (κ2) is 10.7. The molecular weight excluding hydrogens is 478 g/mol. The van der Waals surface area contributed by atoms with Gasteiger partial charge >= 0.3 is 0 Å². The summed E-state index contributed by atoms with van der Waals surface area (Å²) in [5, 5.41) is 6.81. The Balaban J connectivity index is 1.42. The van der Waals surface area contributed by atoms with Gasteiger partial charge in [-0.1, -0.05) is 24.3 Å². The summed E-state index contributed by atoms with van der Waals surface area (Å²) in [4.78, 5) is 34.6.